The number of hydrogen-bond donors (Lipinski definition) is 0. The number of rotatable bonds is 8. The molecule has 21 heavy (non-hydrogen) atoms. The summed E-state index contributed by atoms with van der Waals surface area (Å²) in [6, 6.07) is 0. The molecule has 0 saturated carbocycles. The molecule has 0 N–H and O–H groups in total. The average molecular weight is 344 g/mol. The minimum absolute atomic E-state index is 0.0557. The lowest BCUT2D eigenvalue weighted by atomic mass is 10.4. The second-order valence-corrected chi connectivity index (χ2v) is 7.49. The molecule has 0 fully saturated rings. The first-order valence-corrected chi connectivity index (χ1v) is 8.95. The van der Waals surface area contributed by atoms with Gasteiger partial charge in [-0.15, -0.1) is 21.5 Å². The highest BCUT2D eigenvalue weighted by Gasteiger charge is 2.16. The molecule has 6 nitrogen and oxygen atoms in total. The molecule has 0 aliphatic carbocycles. The fraction of sp³-hybridized carbons (Fsp3) is 0.500. The monoisotopic (exact) mass is 344 g/mol. The van der Waals surface area contributed by atoms with Crippen molar-refractivity contribution in [3.05, 3.63) is 21.6 Å². The number of carbonyl (C=O) groups is 1. The van der Waals surface area contributed by atoms with Gasteiger partial charge in [-0.1, -0.05) is 23.1 Å². The second-order valence-electron chi connectivity index (χ2n) is 4.11. The zero-order valence-corrected chi connectivity index (χ0v) is 14.3. The topological polar surface area (TPSA) is 68.2 Å². The van der Waals surface area contributed by atoms with Gasteiger partial charge in [0.15, 0.2) is 4.34 Å². The highest BCUT2D eigenvalue weighted by atomic mass is 32.2. The molecule has 0 aromatic carbocycles. The first-order chi connectivity index (χ1) is 10.2. The van der Waals surface area contributed by atoms with Crippen LogP contribution in [0.4, 0.5) is 0 Å². The van der Waals surface area contributed by atoms with Crippen molar-refractivity contribution in [3.63, 3.8) is 0 Å². The van der Waals surface area contributed by atoms with Gasteiger partial charge in [0.2, 0.25) is 5.91 Å². The Kier molecular flexibility index (Phi) is 6.55. The van der Waals surface area contributed by atoms with E-state index in [0.29, 0.717) is 25.4 Å². The number of nitrogens with zero attached hydrogens (tertiary/aromatic N) is 4. The van der Waals surface area contributed by atoms with Crippen molar-refractivity contribution in [1.82, 2.24) is 20.1 Å². The maximum Gasteiger partial charge on any atom is 0.233 e. The number of ether oxygens (including phenoxy) is 1. The molecular formula is C12H16N4O2S3. The van der Waals surface area contributed by atoms with Crippen LogP contribution in [-0.2, 0) is 16.1 Å². The van der Waals surface area contributed by atoms with Crippen LogP contribution in [0.5, 0.6) is 0 Å². The first kappa shape index (κ1) is 16.3. The average Bonchev–Trinajstić information content (AvgIpc) is 3.12. The number of hydrogen-bond acceptors (Lipinski definition) is 8. The standard InChI is InChI=1S/C12H16N4O2S3/c1-9-14-15-12(21-9)20-8-11(17)16(4-5-18-2)7-10-13-3-6-19-10/h3,6H,4-5,7-8H2,1-2H3. The summed E-state index contributed by atoms with van der Waals surface area (Å²) in [5.41, 5.74) is 0. The third-order valence-electron chi connectivity index (χ3n) is 2.55. The van der Waals surface area contributed by atoms with Crippen molar-refractivity contribution in [2.24, 2.45) is 0 Å². The molecule has 0 aliphatic rings. The third-order valence-corrected chi connectivity index (χ3v) is 5.28. The van der Waals surface area contributed by atoms with Crippen LogP contribution in [0.1, 0.15) is 10.0 Å². The van der Waals surface area contributed by atoms with Gasteiger partial charge in [-0.2, -0.15) is 0 Å². The largest absolute Gasteiger partial charge is 0.383 e. The number of amides is 1. The van der Waals surface area contributed by atoms with Gasteiger partial charge < -0.3 is 9.64 Å². The molecule has 0 bridgehead atoms. The summed E-state index contributed by atoms with van der Waals surface area (Å²) >= 11 is 4.47. The highest BCUT2D eigenvalue weighted by molar-refractivity contribution is 8.01. The zero-order valence-electron chi connectivity index (χ0n) is 11.8. The molecule has 0 unspecified atom stereocenters. The number of aromatic nitrogens is 3. The van der Waals surface area contributed by atoms with Crippen molar-refractivity contribution in [2.75, 3.05) is 26.0 Å². The fourth-order valence-electron chi connectivity index (χ4n) is 1.54. The normalized spacial score (nSPS) is 10.8. The van der Waals surface area contributed by atoms with Crippen LogP contribution in [0.25, 0.3) is 0 Å². The van der Waals surface area contributed by atoms with Crippen molar-refractivity contribution in [1.29, 1.82) is 0 Å². The lowest BCUT2D eigenvalue weighted by molar-refractivity contribution is -0.129. The Labute approximate surface area is 135 Å². The van der Waals surface area contributed by atoms with Gasteiger partial charge in [-0.05, 0) is 6.92 Å². The second kappa shape index (κ2) is 8.42. The summed E-state index contributed by atoms with van der Waals surface area (Å²) in [5.74, 6) is 0.407. The van der Waals surface area contributed by atoms with Crippen molar-refractivity contribution in [2.45, 2.75) is 17.8 Å². The van der Waals surface area contributed by atoms with Crippen LogP contribution in [0.15, 0.2) is 15.9 Å². The van der Waals surface area contributed by atoms with E-state index in [0.717, 1.165) is 14.4 Å². The SMILES string of the molecule is COCCN(Cc1nccs1)C(=O)CSc1nnc(C)s1. The molecule has 9 heteroatoms. The number of thiazole rings is 1. The van der Waals surface area contributed by atoms with Crippen molar-refractivity contribution >= 4 is 40.3 Å². The number of methoxy groups -OCH3 is 1. The fourth-order valence-corrected chi connectivity index (χ4v) is 3.89. The van der Waals surface area contributed by atoms with E-state index < -0.39 is 0 Å². The van der Waals surface area contributed by atoms with E-state index >= 15 is 0 Å². The van der Waals surface area contributed by atoms with Crippen LogP contribution in [0.2, 0.25) is 0 Å². The van der Waals surface area contributed by atoms with Crippen LogP contribution >= 0.6 is 34.4 Å². The van der Waals surface area contributed by atoms with E-state index in [4.69, 9.17) is 4.74 Å². The molecule has 0 aliphatic heterocycles. The van der Waals surface area contributed by atoms with E-state index in [1.165, 1.54) is 23.1 Å². The molecule has 0 radical (unpaired) electrons. The van der Waals surface area contributed by atoms with Gasteiger partial charge in [-0.3, -0.25) is 4.79 Å². The number of aryl methyl sites for hydroxylation is 1. The summed E-state index contributed by atoms with van der Waals surface area (Å²) < 4.78 is 5.89. The van der Waals surface area contributed by atoms with E-state index in [2.05, 4.69) is 15.2 Å². The van der Waals surface area contributed by atoms with Gasteiger partial charge >= 0.3 is 0 Å². The van der Waals surface area contributed by atoms with Gasteiger partial charge in [0, 0.05) is 25.2 Å². The van der Waals surface area contributed by atoms with Crippen molar-refractivity contribution in [3.8, 4) is 0 Å². The van der Waals surface area contributed by atoms with E-state index in [1.54, 1.807) is 29.5 Å². The molecule has 0 spiro atoms. The summed E-state index contributed by atoms with van der Waals surface area (Å²) in [4.78, 5) is 18.3. The summed E-state index contributed by atoms with van der Waals surface area (Å²) in [6.07, 6.45) is 1.75. The van der Waals surface area contributed by atoms with Crippen molar-refractivity contribution < 1.29 is 9.53 Å². The summed E-state index contributed by atoms with van der Waals surface area (Å²) in [5, 5.41) is 11.7. The summed E-state index contributed by atoms with van der Waals surface area (Å²) in [7, 11) is 1.63. The predicted molar refractivity (Wildman–Crippen MR) is 84.8 cm³/mol. The Morgan fingerprint density at radius 1 is 1.48 bits per heavy atom. The minimum atomic E-state index is 0.0557. The molecule has 0 atom stereocenters. The molecule has 2 aromatic rings. The minimum Gasteiger partial charge on any atom is -0.383 e. The van der Waals surface area contributed by atoms with E-state index in [-0.39, 0.29) is 5.91 Å². The zero-order chi connectivity index (χ0) is 15.1. The molecular weight excluding hydrogens is 328 g/mol. The first-order valence-electron chi connectivity index (χ1n) is 6.27. The molecule has 2 rings (SSSR count). The highest BCUT2D eigenvalue weighted by Crippen LogP contribution is 2.22. The Morgan fingerprint density at radius 3 is 2.95 bits per heavy atom. The third kappa shape index (κ3) is 5.34. The van der Waals surface area contributed by atoms with Gasteiger partial charge in [0.05, 0.1) is 18.9 Å². The van der Waals surface area contributed by atoms with Crippen LogP contribution in [0.3, 0.4) is 0 Å². The Balaban J connectivity index is 1.90. The maximum atomic E-state index is 12.3. The number of thioether (sulfide) groups is 1. The quantitative estimate of drug-likeness (QED) is 0.683. The Bertz CT molecular complexity index is 559. The lowest BCUT2D eigenvalue weighted by Gasteiger charge is -2.20. The molecule has 1 amide bonds. The Hall–Kier alpha value is -1.03. The van der Waals surface area contributed by atoms with Gasteiger partial charge in [0.1, 0.15) is 10.0 Å². The number of carbonyl (C=O) groups excluding carboxylic acids is 1. The molecule has 114 valence electrons. The maximum absolute atomic E-state index is 12.3. The molecule has 0 saturated heterocycles. The Morgan fingerprint density at radius 2 is 2.33 bits per heavy atom. The lowest BCUT2D eigenvalue weighted by Crippen LogP contribution is -2.34. The summed E-state index contributed by atoms with van der Waals surface area (Å²) in [6.45, 7) is 3.50. The molecule has 2 heterocycles. The predicted octanol–water partition coefficient (Wildman–Crippen LogP) is 2.07. The van der Waals surface area contributed by atoms with E-state index in [1.807, 2.05) is 12.3 Å². The smallest absolute Gasteiger partial charge is 0.233 e. The van der Waals surface area contributed by atoms with Crippen LogP contribution in [-0.4, -0.2) is 52.0 Å². The van der Waals surface area contributed by atoms with Crippen LogP contribution < -0.4 is 0 Å². The van der Waals surface area contributed by atoms with E-state index in [9.17, 15) is 4.79 Å². The van der Waals surface area contributed by atoms with Crippen LogP contribution in [0, 0.1) is 6.92 Å². The molecule has 2 aromatic heterocycles. The van der Waals surface area contributed by atoms with Gasteiger partial charge in [-0.25, -0.2) is 4.98 Å². The van der Waals surface area contributed by atoms with Gasteiger partial charge in [0.25, 0.3) is 0 Å².